The minimum absolute atomic E-state index is 0.892. The Morgan fingerprint density at radius 1 is 0.345 bits per heavy atom. The zero-order valence-corrected chi connectivity index (χ0v) is 29.9. The van der Waals surface area contributed by atoms with E-state index in [1.807, 2.05) is 6.07 Å². The molecule has 0 amide bonds. The van der Waals surface area contributed by atoms with Crippen LogP contribution in [-0.2, 0) is 0 Å². The first-order valence-electron chi connectivity index (χ1n) is 18.7. The van der Waals surface area contributed by atoms with Crippen molar-refractivity contribution in [2.45, 2.75) is 0 Å². The Bertz CT molecular complexity index is 3210. The van der Waals surface area contributed by atoms with Gasteiger partial charge in [0.05, 0.1) is 17.3 Å². The number of rotatable bonds is 6. The zero-order chi connectivity index (χ0) is 36.3. The minimum atomic E-state index is 0.892. The zero-order valence-electron chi connectivity index (χ0n) is 29.9. The van der Waals surface area contributed by atoms with Gasteiger partial charge in [0.25, 0.3) is 0 Å². The van der Waals surface area contributed by atoms with Crippen molar-refractivity contribution in [1.29, 1.82) is 0 Å². The molecule has 0 unspecified atom stereocenters. The van der Waals surface area contributed by atoms with E-state index in [0.29, 0.717) is 0 Å². The van der Waals surface area contributed by atoms with Crippen molar-refractivity contribution in [3.05, 3.63) is 206 Å². The second kappa shape index (κ2) is 12.6. The Morgan fingerprint density at radius 3 is 1.80 bits per heavy atom. The summed E-state index contributed by atoms with van der Waals surface area (Å²) in [4.78, 5) is 2.40. The summed E-state index contributed by atoms with van der Waals surface area (Å²) in [6, 6.07) is 72.4. The third-order valence-corrected chi connectivity index (χ3v) is 11.0. The second-order valence-electron chi connectivity index (χ2n) is 14.2. The van der Waals surface area contributed by atoms with Gasteiger partial charge in [0.1, 0.15) is 5.58 Å². The quantitative estimate of drug-likeness (QED) is 0.161. The van der Waals surface area contributed by atoms with Crippen LogP contribution in [0.15, 0.2) is 211 Å². The highest BCUT2D eigenvalue weighted by Crippen LogP contribution is 2.42. The van der Waals surface area contributed by atoms with E-state index in [2.05, 4.69) is 204 Å². The maximum atomic E-state index is 5.66. The van der Waals surface area contributed by atoms with Gasteiger partial charge < -0.3 is 13.9 Å². The molecule has 0 fully saturated rings. The van der Waals surface area contributed by atoms with Gasteiger partial charge >= 0.3 is 0 Å². The number of hydrogen-bond donors (Lipinski definition) is 0. The average Bonchev–Trinajstić information content (AvgIpc) is 3.86. The van der Waals surface area contributed by atoms with E-state index >= 15 is 0 Å². The molecule has 0 aliphatic heterocycles. The molecule has 11 aromatic rings. The van der Waals surface area contributed by atoms with E-state index in [9.17, 15) is 0 Å². The maximum absolute atomic E-state index is 5.66. The van der Waals surface area contributed by atoms with Gasteiger partial charge in [-0.2, -0.15) is 0 Å². The summed E-state index contributed by atoms with van der Waals surface area (Å²) in [5, 5.41) is 8.48. The summed E-state index contributed by atoms with van der Waals surface area (Å²) >= 11 is 0. The molecule has 0 radical (unpaired) electrons. The fourth-order valence-electron chi connectivity index (χ4n) is 8.38. The van der Waals surface area contributed by atoms with Gasteiger partial charge in [0, 0.05) is 38.9 Å². The number of benzene rings is 9. The van der Waals surface area contributed by atoms with E-state index < -0.39 is 0 Å². The highest BCUT2D eigenvalue weighted by Gasteiger charge is 2.19. The van der Waals surface area contributed by atoms with Crippen LogP contribution in [0.25, 0.3) is 82.3 Å². The van der Waals surface area contributed by atoms with Crippen LogP contribution in [0.5, 0.6) is 0 Å². The van der Waals surface area contributed by atoms with Crippen LogP contribution < -0.4 is 4.90 Å². The molecular formula is C52H34N2O. The highest BCUT2D eigenvalue weighted by molar-refractivity contribution is 6.12. The van der Waals surface area contributed by atoms with Gasteiger partial charge in [0.2, 0.25) is 0 Å². The molecule has 0 N–H and O–H groups in total. The van der Waals surface area contributed by atoms with E-state index in [0.717, 1.165) is 50.4 Å². The predicted molar refractivity (Wildman–Crippen MR) is 231 cm³/mol. The van der Waals surface area contributed by atoms with Gasteiger partial charge in [-0.3, -0.25) is 0 Å². The van der Waals surface area contributed by atoms with Crippen LogP contribution in [0.3, 0.4) is 0 Å². The molecule has 0 spiro atoms. The van der Waals surface area contributed by atoms with Crippen LogP contribution in [-0.4, -0.2) is 4.57 Å². The van der Waals surface area contributed by atoms with E-state index in [1.54, 1.807) is 6.26 Å². The molecule has 2 heterocycles. The average molecular weight is 703 g/mol. The normalized spacial score (nSPS) is 11.6. The summed E-state index contributed by atoms with van der Waals surface area (Å²) in [5.41, 5.74) is 12.4. The molecule has 2 aromatic heterocycles. The lowest BCUT2D eigenvalue weighted by Crippen LogP contribution is -2.10. The van der Waals surface area contributed by atoms with Crippen molar-refractivity contribution >= 4 is 71.4 Å². The molecule has 11 rings (SSSR count). The largest absolute Gasteiger partial charge is 0.464 e. The molecule has 3 heteroatoms. The maximum Gasteiger partial charge on any atom is 0.133 e. The van der Waals surface area contributed by atoms with Crippen LogP contribution in [0.2, 0.25) is 0 Å². The summed E-state index contributed by atoms with van der Waals surface area (Å²) in [7, 11) is 0. The Labute approximate surface area is 318 Å². The van der Waals surface area contributed by atoms with Crippen molar-refractivity contribution < 1.29 is 4.42 Å². The fraction of sp³-hybridized carbons (Fsp3) is 0. The molecule has 258 valence electrons. The van der Waals surface area contributed by atoms with Crippen molar-refractivity contribution in [3.63, 3.8) is 0 Å². The van der Waals surface area contributed by atoms with Crippen molar-refractivity contribution in [3.8, 4) is 27.9 Å². The SMILES string of the molecule is c1ccc(-c2ccc3c(ccc4cc(N(c5cccc(-c6ccc7occc7c6)c5)c5ccc6c7ccccc7n(-c7ccccc7)c6c5)ccc43)c2)cc1. The third kappa shape index (κ3) is 5.28. The molecule has 0 aliphatic rings. The first-order chi connectivity index (χ1) is 27.2. The number of nitrogens with zero attached hydrogens (tertiary/aromatic N) is 2. The molecule has 0 saturated heterocycles. The molecule has 9 aromatic carbocycles. The van der Waals surface area contributed by atoms with Crippen molar-refractivity contribution in [1.82, 2.24) is 4.57 Å². The van der Waals surface area contributed by atoms with Gasteiger partial charge in [-0.05, 0) is 123 Å². The lowest BCUT2D eigenvalue weighted by molar-refractivity contribution is 0.616. The Balaban J connectivity index is 1.11. The molecule has 0 saturated carbocycles. The number of para-hydroxylation sites is 2. The first kappa shape index (κ1) is 31.2. The number of aromatic nitrogens is 1. The molecule has 0 atom stereocenters. The molecule has 55 heavy (non-hydrogen) atoms. The highest BCUT2D eigenvalue weighted by atomic mass is 16.3. The van der Waals surface area contributed by atoms with Gasteiger partial charge in [-0.25, -0.2) is 0 Å². The van der Waals surface area contributed by atoms with E-state index in [-0.39, 0.29) is 0 Å². The molecule has 0 bridgehead atoms. The first-order valence-corrected chi connectivity index (χ1v) is 18.7. The summed E-state index contributed by atoms with van der Waals surface area (Å²) in [5.74, 6) is 0. The molecular weight excluding hydrogens is 669 g/mol. The van der Waals surface area contributed by atoms with E-state index in [1.165, 1.54) is 49.0 Å². The standard InChI is InChI=1S/C52H34N2O/c1-3-10-35(11-4-1)37-20-24-46-39(30-37)18-19-40-33-44(22-25-47(40)46)53(43-15-9-12-36(32-43)38-21-27-52-41(31-38)28-29-55-52)45-23-26-49-48-16-7-8-17-50(48)54(51(49)34-45)42-13-5-2-6-14-42/h1-34H. The summed E-state index contributed by atoms with van der Waals surface area (Å²) in [6.45, 7) is 0. The Morgan fingerprint density at radius 2 is 0.945 bits per heavy atom. The van der Waals surface area contributed by atoms with Crippen LogP contribution in [0, 0.1) is 0 Å². The molecule has 3 nitrogen and oxygen atoms in total. The van der Waals surface area contributed by atoms with Gasteiger partial charge in [-0.1, -0.05) is 121 Å². The number of furan rings is 1. The lowest BCUT2D eigenvalue weighted by atomic mass is 9.97. The van der Waals surface area contributed by atoms with Crippen LogP contribution >= 0.6 is 0 Å². The minimum Gasteiger partial charge on any atom is -0.464 e. The number of fused-ring (bicyclic) bond motifs is 7. The van der Waals surface area contributed by atoms with Gasteiger partial charge in [0.15, 0.2) is 0 Å². The molecule has 0 aliphatic carbocycles. The fourth-order valence-corrected chi connectivity index (χ4v) is 8.38. The lowest BCUT2D eigenvalue weighted by Gasteiger charge is -2.27. The van der Waals surface area contributed by atoms with Crippen LogP contribution in [0.1, 0.15) is 0 Å². The Kier molecular flexibility index (Phi) is 7.17. The summed E-state index contributed by atoms with van der Waals surface area (Å²) < 4.78 is 8.05. The monoisotopic (exact) mass is 702 g/mol. The van der Waals surface area contributed by atoms with Gasteiger partial charge in [-0.15, -0.1) is 0 Å². The Hall–Kier alpha value is -7.36. The van der Waals surface area contributed by atoms with Crippen LogP contribution in [0.4, 0.5) is 17.1 Å². The second-order valence-corrected chi connectivity index (χ2v) is 14.2. The topological polar surface area (TPSA) is 21.3 Å². The van der Waals surface area contributed by atoms with E-state index in [4.69, 9.17) is 4.42 Å². The third-order valence-electron chi connectivity index (χ3n) is 11.0. The smallest absolute Gasteiger partial charge is 0.133 e. The summed E-state index contributed by atoms with van der Waals surface area (Å²) in [6.07, 6.45) is 1.75. The number of hydrogen-bond acceptors (Lipinski definition) is 2. The predicted octanol–water partition coefficient (Wildman–Crippen LogP) is 14.6. The number of anilines is 3. The van der Waals surface area contributed by atoms with Crippen molar-refractivity contribution in [2.24, 2.45) is 0 Å². The van der Waals surface area contributed by atoms with Crippen molar-refractivity contribution in [2.75, 3.05) is 4.90 Å².